The first-order valence-electron chi connectivity index (χ1n) is 6.11. The van der Waals surface area contributed by atoms with Crippen LogP contribution in [0.15, 0.2) is 60.8 Å². The molecule has 0 saturated heterocycles. The molecule has 2 rings (SSSR count). The molecule has 3 N–H and O–H groups in total. The van der Waals surface area contributed by atoms with Crippen molar-refractivity contribution in [3.05, 3.63) is 77.5 Å². The molecule has 2 aromatic rings. The van der Waals surface area contributed by atoms with Gasteiger partial charge in [0.2, 0.25) is 0 Å². The van der Waals surface area contributed by atoms with E-state index in [1.165, 1.54) is 0 Å². The molecular weight excluding hydrogens is 236 g/mol. The minimum atomic E-state index is -0.115. The molecule has 0 saturated carbocycles. The van der Waals surface area contributed by atoms with Crippen LogP contribution in [0, 0.1) is 0 Å². The van der Waals surface area contributed by atoms with Crippen LogP contribution in [0.2, 0.25) is 0 Å². The van der Waals surface area contributed by atoms with Crippen LogP contribution in [0.3, 0.4) is 0 Å². The number of nitrogens with one attached hydrogen (secondary N) is 1. The molecule has 3 nitrogen and oxygen atoms in total. The molecule has 0 aromatic heterocycles. The average molecular weight is 252 g/mol. The first-order valence-corrected chi connectivity index (χ1v) is 6.11. The smallest absolute Gasteiger partial charge is 0.255 e. The summed E-state index contributed by atoms with van der Waals surface area (Å²) in [6.07, 6.45) is 3.49. The fourth-order valence-electron chi connectivity index (χ4n) is 1.65. The zero-order valence-electron chi connectivity index (χ0n) is 10.5. The SMILES string of the molecule is NCc1ccc(C=CNC(=O)c2ccccc2)cc1. The van der Waals surface area contributed by atoms with Crippen molar-refractivity contribution in [2.24, 2.45) is 5.73 Å². The van der Waals surface area contributed by atoms with Crippen molar-refractivity contribution in [1.82, 2.24) is 5.32 Å². The lowest BCUT2D eigenvalue weighted by atomic mass is 10.1. The molecule has 0 fully saturated rings. The quantitative estimate of drug-likeness (QED) is 0.878. The van der Waals surface area contributed by atoms with E-state index in [1.807, 2.05) is 48.5 Å². The lowest BCUT2D eigenvalue weighted by molar-refractivity contribution is 0.0970. The van der Waals surface area contributed by atoms with Crippen LogP contribution in [-0.4, -0.2) is 5.91 Å². The van der Waals surface area contributed by atoms with E-state index in [-0.39, 0.29) is 5.91 Å². The molecule has 0 atom stereocenters. The van der Waals surface area contributed by atoms with Gasteiger partial charge in [0.25, 0.3) is 5.91 Å². The number of hydrogen-bond acceptors (Lipinski definition) is 2. The second-order valence-corrected chi connectivity index (χ2v) is 4.12. The van der Waals surface area contributed by atoms with Crippen molar-refractivity contribution in [3.8, 4) is 0 Å². The van der Waals surface area contributed by atoms with Crippen LogP contribution in [0.4, 0.5) is 0 Å². The number of nitrogens with two attached hydrogens (primary N) is 1. The molecule has 0 bridgehead atoms. The van der Waals surface area contributed by atoms with Crippen LogP contribution in [0.5, 0.6) is 0 Å². The van der Waals surface area contributed by atoms with E-state index in [0.717, 1.165) is 11.1 Å². The van der Waals surface area contributed by atoms with Gasteiger partial charge in [-0.15, -0.1) is 0 Å². The third-order valence-corrected chi connectivity index (χ3v) is 2.74. The van der Waals surface area contributed by atoms with Gasteiger partial charge in [-0.3, -0.25) is 4.79 Å². The van der Waals surface area contributed by atoms with Crippen molar-refractivity contribution in [1.29, 1.82) is 0 Å². The zero-order valence-corrected chi connectivity index (χ0v) is 10.5. The van der Waals surface area contributed by atoms with Gasteiger partial charge in [0.15, 0.2) is 0 Å². The Morgan fingerprint density at radius 3 is 2.37 bits per heavy atom. The maximum absolute atomic E-state index is 11.8. The molecule has 0 aliphatic rings. The fourth-order valence-corrected chi connectivity index (χ4v) is 1.65. The summed E-state index contributed by atoms with van der Waals surface area (Å²) in [5, 5.41) is 2.73. The highest BCUT2D eigenvalue weighted by Gasteiger charge is 2.00. The number of benzene rings is 2. The summed E-state index contributed by atoms with van der Waals surface area (Å²) in [6, 6.07) is 17.0. The maximum Gasteiger partial charge on any atom is 0.255 e. The van der Waals surface area contributed by atoms with E-state index in [4.69, 9.17) is 5.73 Å². The minimum Gasteiger partial charge on any atom is -0.329 e. The van der Waals surface area contributed by atoms with E-state index >= 15 is 0 Å². The number of rotatable bonds is 4. The van der Waals surface area contributed by atoms with Crippen molar-refractivity contribution in [2.75, 3.05) is 0 Å². The van der Waals surface area contributed by atoms with Crippen LogP contribution in [0.25, 0.3) is 6.08 Å². The van der Waals surface area contributed by atoms with Crippen molar-refractivity contribution in [2.45, 2.75) is 6.54 Å². The molecule has 0 spiro atoms. The Bertz CT molecular complexity index is 559. The third kappa shape index (κ3) is 3.79. The normalized spacial score (nSPS) is 10.6. The first kappa shape index (κ1) is 13.1. The predicted octanol–water partition coefficient (Wildman–Crippen LogP) is 2.55. The summed E-state index contributed by atoms with van der Waals surface area (Å²) in [7, 11) is 0. The van der Waals surface area contributed by atoms with Gasteiger partial charge in [-0.25, -0.2) is 0 Å². The van der Waals surface area contributed by atoms with Gasteiger partial charge in [0, 0.05) is 18.3 Å². The van der Waals surface area contributed by atoms with Gasteiger partial charge in [0.1, 0.15) is 0 Å². The van der Waals surface area contributed by atoms with Gasteiger partial charge >= 0.3 is 0 Å². The van der Waals surface area contributed by atoms with Crippen molar-refractivity contribution >= 4 is 12.0 Å². The minimum absolute atomic E-state index is 0.115. The Morgan fingerprint density at radius 2 is 1.74 bits per heavy atom. The summed E-state index contributed by atoms with van der Waals surface area (Å²) < 4.78 is 0. The van der Waals surface area contributed by atoms with Crippen molar-refractivity contribution < 1.29 is 4.79 Å². The molecule has 96 valence electrons. The molecule has 2 aromatic carbocycles. The van der Waals surface area contributed by atoms with Crippen molar-refractivity contribution in [3.63, 3.8) is 0 Å². The highest BCUT2D eigenvalue weighted by Crippen LogP contribution is 2.05. The monoisotopic (exact) mass is 252 g/mol. The van der Waals surface area contributed by atoms with Gasteiger partial charge in [-0.1, -0.05) is 42.5 Å². The predicted molar refractivity (Wildman–Crippen MR) is 77.3 cm³/mol. The van der Waals surface area contributed by atoms with Gasteiger partial charge in [-0.2, -0.15) is 0 Å². The van der Waals surface area contributed by atoms with E-state index in [9.17, 15) is 4.79 Å². The lowest BCUT2D eigenvalue weighted by Crippen LogP contribution is -2.16. The van der Waals surface area contributed by atoms with Crippen LogP contribution >= 0.6 is 0 Å². The van der Waals surface area contributed by atoms with Crippen LogP contribution < -0.4 is 11.1 Å². The standard InChI is InChI=1S/C16H16N2O/c17-12-14-8-6-13(7-9-14)10-11-18-16(19)15-4-2-1-3-5-15/h1-11H,12,17H2,(H,18,19). The van der Waals surface area contributed by atoms with E-state index in [1.54, 1.807) is 18.3 Å². The first-order chi connectivity index (χ1) is 9.29. The second kappa shape index (κ2) is 6.52. The van der Waals surface area contributed by atoms with Crippen LogP contribution in [-0.2, 0) is 6.54 Å². The molecule has 0 radical (unpaired) electrons. The number of hydrogen-bond donors (Lipinski definition) is 2. The number of carbonyl (C=O) groups is 1. The molecule has 0 heterocycles. The van der Waals surface area contributed by atoms with Gasteiger partial charge < -0.3 is 11.1 Å². The second-order valence-electron chi connectivity index (χ2n) is 4.12. The summed E-state index contributed by atoms with van der Waals surface area (Å²) >= 11 is 0. The fraction of sp³-hybridized carbons (Fsp3) is 0.0625. The molecular formula is C16H16N2O. The van der Waals surface area contributed by atoms with Crippen LogP contribution in [0.1, 0.15) is 21.5 Å². The molecule has 0 aliphatic carbocycles. The Balaban J connectivity index is 1.94. The average Bonchev–Trinajstić information content (AvgIpc) is 2.49. The highest BCUT2D eigenvalue weighted by atomic mass is 16.1. The number of carbonyl (C=O) groups excluding carboxylic acids is 1. The molecule has 0 aliphatic heterocycles. The Kier molecular flexibility index (Phi) is 4.48. The highest BCUT2D eigenvalue weighted by molar-refractivity contribution is 5.95. The molecule has 19 heavy (non-hydrogen) atoms. The molecule has 1 amide bonds. The molecule has 0 unspecified atom stereocenters. The van der Waals surface area contributed by atoms with Gasteiger partial charge in [-0.05, 0) is 29.3 Å². The zero-order chi connectivity index (χ0) is 13.5. The van der Waals surface area contributed by atoms with Gasteiger partial charge in [0.05, 0.1) is 0 Å². The van der Waals surface area contributed by atoms with E-state index in [2.05, 4.69) is 5.32 Å². The summed E-state index contributed by atoms with van der Waals surface area (Å²) in [4.78, 5) is 11.8. The third-order valence-electron chi connectivity index (χ3n) is 2.74. The maximum atomic E-state index is 11.8. The Labute approximate surface area is 112 Å². The number of amides is 1. The van der Waals surface area contributed by atoms with E-state index < -0.39 is 0 Å². The summed E-state index contributed by atoms with van der Waals surface area (Å²) in [5.74, 6) is -0.115. The Morgan fingerprint density at radius 1 is 1.05 bits per heavy atom. The Hall–Kier alpha value is -2.39. The lowest BCUT2D eigenvalue weighted by Gasteiger charge is -2.00. The molecule has 3 heteroatoms. The topological polar surface area (TPSA) is 55.1 Å². The largest absolute Gasteiger partial charge is 0.329 e. The summed E-state index contributed by atoms with van der Waals surface area (Å²) in [6.45, 7) is 0.536. The van der Waals surface area contributed by atoms with E-state index in [0.29, 0.717) is 12.1 Å². The summed E-state index contributed by atoms with van der Waals surface area (Å²) in [5.41, 5.74) is 8.28.